The molecule has 0 fully saturated rings. The van der Waals surface area contributed by atoms with E-state index in [0.29, 0.717) is 24.1 Å². The Hall–Kier alpha value is -2.60. The molecule has 0 aliphatic heterocycles. The Balaban J connectivity index is 1.56. The minimum absolute atomic E-state index is 0.479. The summed E-state index contributed by atoms with van der Waals surface area (Å²) >= 11 is 6.00. The van der Waals surface area contributed by atoms with Gasteiger partial charge in [-0.25, -0.2) is 4.68 Å². The monoisotopic (exact) mass is 371 g/mol. The second kappa shape index (κ2) is 9.20. The zero-order valence-electron chi connectivity index (χ0n) is 14.7. The molecule has 0 unspecified atom stereocenters. The number of hydrogen-bond acceptors (Lipinski definition) is 5. The van der Waals surface area contributed by atoms with E-state index in [1.54, 1.807) is 4.68 Å². The average Bonchev–Trinajstić information content (AvgIpc) is 3.11. The van der Waals surface area contributed by atoms with Crippen molar-refractivity contribution in [3.8, 4) is 5.75 Å². The van der Waals surface area contributed by atoms with Crippen molar-refractivity contribution in [2.45, 2.75) is 39.5 Å². The van der Waals surface area contributed by atoms with Crippen LogP contribution in [0, 0.1) is 0 Å². The van der Waals surface area contributed by atoms with E-state index in [1.165, 1.54) is 0 Å². The zero-order chi connectivity index (χ0) is 18.2. The Bertz CT molecular complexity index is 836. The summed E-state index contributed by atoms with van der Waals surface area (Å²) in [4.78, 5) is 0. The molecule has 0 bridgehead atoms. The average molecular weight is 372 g/mol. The van der Waals surface area contributed by atoms with Crippen LogP contribution in [0.3, 0.4) is 0 Å². The molecule has 0 atom stereocenters. The van der Waals surface area contributed by atoms with Crippen molar-refractivity contribution in [3.05, 3.63) is 64.7 Å². The van der Waals surface area contributed by atoms with Gasteiger partial charge in [0.15, 0.2) is 0 Å². The minimum Gasteiger partial charge on any atom is -0.489 e. The van der Waals surface area contributed by atoms with Crippen molar-refractivity contribution in [1.82, 2.24) is 20.2 Å². The van der Waals surface area contributed by atoms with E-state index in [-0.39, 0.29) is 0 Å². The molecule has 0 saturated heterocycles. The van der Waals surface area contributed by atoms with Crippen molar-refractivity contribution >= 4 is 17.5 Å². The number of tetrazole rings is 1. The van der Waals surface area contributed by atoms with E-state index in [0.717, 1.165) is 36.3 Å². The number of nitrogens with zero attached hydrogens (tertiary/aromatic N) is 4. The number of ether oxygens (including phenoxy) is 1. The number of halogens is 1. The van der Waals surface area contributed by atoms with Gasteiger partial charge in [-0.2, -0.15) is 0 Å². The summed E-state index contributed by atoms with van der Waals surface area (Å²) in [6.45, 7) is 4.06. The minimum atomic E-state index is 0.479. The first-order chi connectivity index (χ1) is 12.7. The lowest BCUT2D eigenvalue weighted by Gasteiger charge is -2.10. The molecule has 3 aromatic rings. The molecule has 0 aliphatic carbocycles. The van der Waals surface area contributed by atoms with Gasteiger partial charge in [-0.15, -0.1) is 0 Å². The number of rotatable bonds is 9. The van der Waals surface area contributed by atoms with E-state index >= 15 is 0 Å². The molecule has 1 heterocycles. The molecule has 0 aliphatic rings. The van der Waals surface area contributed by atoms with Crippen LogP contribution in [0.2, 0.25) is 5.02 Å². The van der Waals surface area contributed by atoms with E-state index in [2.05, 4.69) is 27.8 Å². The molecule has 26 heavy (non-hydrogen) atoms. The number of nitrogens with one attached hydrogen (secondary N) is 1. The van der Waals surface area contributed by atoms with Crippen molar-refractivity contribution < 1.29 is 4.74 Å². The van der Waals surface area contributed by atoms with Crippen LogP contribution in [0.25, 0.3) is 0 Å². The summed E-state index contributed by atoms with van der Waals surface area (Å²) in [6.07, 6.45) is 2.15. The topological polar surface area (TPSA) is 64.9 Å². The number of anilines is 1. The van der Waals surface area contributed by atoms with E-state index in [9.17, 15) is 0 Å². The second-order valence-electron chi connectivity index (χ2n) is 6.00. The highest BCUT2D eigenvalue weighted by molar-refractivity contribution is 6.30. The lowest BCUT2D eigenvalue weighted by atomic mass is 10.2. The lowest BCUT2D eigenvalue weighted by molar-refractivity contribution is 0.306. The summed E-state index contributed by atoms with van der Waals surface area (Å²) in [5.74, 6) is 1.50. The maximum atomic E-state index is 6.00. The molecule has 136 valence electrons. The number of aryl methyl sites for hydroxylation is 1. The van der Waals surface area contributed by atoms with Gasteiger partial charge in [0.25, 0.3) is 0 Å². The Kier molecular flexibility index (Phi) is 6.44. The molecule has 0 radical (unpaired) electrons. The van der Waals surface area contributed by atoms with E-state index < -0.39 is 0 Å². The molecule has 1 aromatic heterocycles. The van der Waals surface area contributed by atoms with Crippen molar-refractivity contribution in [3.63, 3.8) is 0 Å². The number of hydrogen-bond donors (Lipinski definition) is 1. The predicted molar refractivity (Wildman–Crippen MR) is 102 cm³/mol. The fourth-order valence-electron chi connectivity index (χ4n) is 2.51. The van der Waals surface area contributed by atoms with Crippen LogP contribution < -0.4 is 10.1 Å². The SMILES string of the molecule is CCCCn1nnnc1NCc1cccc(OCc2cccc(Cl)c2)c1. The molecule has 0 saturated carbocycles. The normalized spacial score (nSPS) is 10.7. The molecule has 0 amide bonds. The van der Waals surface area contributed by atoms with Gasteiger partial charge in [0.2, 0.25) is 5.95 Å². The Morgan fingerprint density at radius 1 is 1.12 bits per heavy atom. The Morgan fingerprint density at radius 3 is 2.81 bits per heavy atom. The van der Waals surface area contributed by atoms with E-state index in [4.69, 9.17) is 16.3 Å². The van der Waals surface area contributed by atoms with Crippen LogP contribution in [0.1, 0.15) is 30.9 Å². The van der Waals surface area contributed by atoms with E-state index in [1.807, 2.05) is 48.5 Å². The van der Waals surface area contributed by atoms with Gasteiger partial charge in [0.05, 0.1) is 0 Å². The molecular weight excluding hydrogens is 350 g/mol. The summed E-state index contributed by atoms with van der Waals surface area (Å²) in [5.41, 5.74) is 2.13. The van der Waals surface area contributed by atoms with Gasteiger partial charge in [-0.3, -0.25) is 0 Å². The van der Waals surface area contributed by atoms with Crippen LogP contribution in [0.4, 0.5) is 5.95 Å². The summed E-state index contributed by atoms with van der Waals surface area (Å²) < 4.78 is 7.66. The van der Waals surface area contributed by atoms with Crippen LogP contribution in [-0.2, 0) is 19.7 Å². The molecule has 2 aromatic carbocycles. The molecular formula is C19H22ClN5O. The highest BCUT2D eigenvalue weighted by Crippen LogP contribution is 2.17. The van der Waals surface area contributed by atoms with Crippen molar-refractivity contribution in [2.24, 2.45) is 0 Å². The highest BCUT2D eigenvalue weighted by atomic mass is 35.5. The fraction of sp³-hybridized carbons (Fsp3) is 0.316. The second-order valence-corrected chi connectivity index (χ2v) is 6.44. The fourth-order valence-corrected chi connectivity index (χ4v) is 2.72. The van der Waals surface area contributed by atoms with Crippen LogP contribution in [0.15, 0.2) is 48.5 Å². The van der Waals surface area contributed by atoms with Gasteiger partial charge in [-0.05, 0) is 52.2 Å². The van der Waals surface area contributed by atoms with Crippen LogP contribution >= 0.6 is 11.6 Å². The molecule has 6 nitrogen and oxygen atoms in total. The quantitative estimate of drug-likeness (QED) is 0.606. The smallest absolute Gasteiger partial charge is 0.243 e. The summed E-state index contributed by atoms with van der Waals surface area (Å²) in [7, 11) is 0. The van der Waals surface area contributed by atoms with Gasteiger partial charge in [-0.1, -0.05) is 54.3 Å². The van der Waals surface area contributed by atoms with Crippen LogP contribution in [-0.4, -0.2) is 20.2 Å². The van der Waals surface area contributed by atoms with Crippen molar-refractivity contribution in [1.29, 1.82) is 0 Å². The Morgan fingerprint density at radius 2 is 1.96 bits per heavy atom. The third-order valence-electron chi connectivity index (χ3n) is 3.90. The third-order valence-corrected chi connectivity index (χ3v) is 4.13. The van der Waals surface area contributed by atoms with Gasteiger partial charge < -0.3 is 10.1 Å². The first-order valence-corrected chi connectivity index (χ1v) is 9.08. The van der Waals surface area contributed by atoms with Gasteiger partial charge in [0.1, 0.15) is 12.4 Å². The molecule has 3 rings (SSSR count). The maximum absolute atomic E-state index is 6.00. The zero-order valence-corrected chi connectivity index (χ0v) is 15.5. The molecule has 7 heteroatoms. The molecule has 0 spiro atoms. The number of unbranched alkanes of at least 4 members (excludes halogenated alkanes) is 1. The summed E-state index contributed by atoms with van der Waals surface area (Å²) in [5, 5.41) is 15.8. The number of benzene rings is 2. The first-order valence-electron chi connectivity index (χ1n) is 8.71. The predicted octanol–water partition coefficient (Wildman–Crippen LogP) is 4.32. The van der Waals surface area contributed by atoms with Gasteiger partial charge in [0, 0.05) is 18.1 Å². The lowest BCUT2D eigenvalue weighted by Crippen LogP contribution is -2.09. The third kappa shape index (κ3) is 5.20. The largest absolute Gasteiger partial charge is 0.489 e. The first kappa shape index (κ1) is 18.2. The highest BCUT2D eigenvalue weighted by Gasteiger charge is 2.05. The summed E-state index contributed by atoms with van der Waals surface area (Å²) in [6, 6.07) is 15.6. The van der Waals surface area contributed by atoms with Crippen molar-refractivity contribution in [2.75, 3.05) is 5.32 Å². The number of aromatic nitrogens is 4. The molecule has 1 N–H and O–H groups in total. The van der Waals surface area contributed by atoms with Gasteiger partial charge >= 0.3 is 0 Å². The Labute approximate surface area is 158 Å². The van der Waals surface area contributed by atoms with Crippen LogP contribution in [0.5, 0.6) is 5.75 Å². The standard InChI is InChI=1S/C19H22ClN5O/c1-2-3-10-25-19(22-23-24-25)21-13-15-6-5-9-18(12-15)26-14-16-7-4-8-17(20)11-16/h4-9,11-12H,2-3,10,13-14H2,1H3,(H,21,22,24). The maximum Gasteiger partial charge on any atom is 0.243 e.